The van der Waals surface area contributed by atoms with Crippen LogP contribution in [0.5, 0.6) is 0 Å². The number of amides is 1. The minimum absolute atomic E-state index is 0.0445. The van der Waals surface area contributed by atoms with E-state index in [0.29, 0.717) is 0 Å². The summed E-state index contributed by atoms with van der Waals surface area (Å²) in [4.78, 5) is 15.0. The van der Waals surface area contributed by atoms with Gasteiger partial charge >= 0.3 is 0 Å². The van der Waals surface area contributed by atoms with Crippen molar-refractivity contribution in [1.82, 2.24) is 10.3 Å². The predicted molar refractivity (Wildman–Crippen MR) is 53.2 cm³/mol. The minimum Gasteiger partial charge on any atom is -0.394 e. The summed E-state index contributed by atoms with van der Waals surface area (Å²) in [5, 5.41) is 11.1. The summed E-state index contributed by atoms with van der Waals surface area (Å²) in [7, 11) is 0. The lowest BCUT2D eigenvalue weighted by molar-refractivity contribution is 0.0921. The fourth-order valence-corrected chi connectivity index (χ4v) is 1.12. The van der Waals surface area contributed by atoms with Gasteiger partial charge in [-0.2, -0.15) is 0 Å². The number of rotatable bonds is 3. The summed E-state index contributed by atoms with van der Waals surface area (Å²) < 4.78 is 12.8. The van der Waals surface area contributed by atoms with Crippen molar-refractivity contribution in [2.75, 3.05) is 6.61 Å². The van der Waals surface area contributed by atoms with Crippen LogP contribution in [-0.4, -0.2) is 28.6 Å². The van der Waals surface area contributed by atoms with Gasteiger partial charge in [0.05, 0.1) is 18.4 Å². The van der Waals surface area contributed by atoms with Crippen LogP contribution in [0.4, 0.5) is 4.39 Å². The van der Waals surface area contributed by atoms with Crippen molar-refractivity contribution in [2.24, 2.45) is 0 Å². The number of pyridine rings is 1. The number of nitrogens with zero attached hydrogens (tertiary/aromatic N) is 1. The zero-order chi connectivity index (χ0) is 11.4. The molecule has 0 spiro atoms. The van der Waals surface area contributed by atoms with Crippen LogP contribution in [0.15, 0.2) is 12.3 Å². The summed E-state index contributed by atoms with van der Waals surface area (Å²) in [5.41, 5.74) is -0.0445. The summed E-state index contributed by atoms with van der Waals surface area (Å²) in [6.45, 7) is 1.41. The number of carbonyl (C=O) groups is 1. The number of hydrogen-bond acceptors (Lipinski definition) is 3. The fourth-order valence-electron chi connectivity index (χ4n) is 0.929. The normalized spacial score (nSPS) is 12.3. The van der Waals surface area contributed by atoms with Crippen molar-refractivity contribution in [3.8, 4) is 0 Å². The Kier molecular flexibility index (Phi) is 3.99. The Morgan fingerprint density at radius 3 is 3.07 bits per heavy atom. The second-order valence-electron chi connectivity index (χ2n) is 3.05. The van der Waals surface area contributed by atoms with Gasteiger partial charge in [0.1, 0.15) is 11.0 Å². The van der Waals surface area contributed by atoms with Crippen LogP contribution in [0, 0.1) is 5.82 Å². The third kappa shape index (κ3) is 3.14. The number of aliphatic hydroxyl groups excluding tert-OH is 1. The fraction of sp³-hybridized carbons (Fsp3) is 0.333. The van der Waals surface area contributed by atoms with Gasteiger partial charge in [-0.3, -0.25) is 4.79 Å². The van der Waals surface area contributed by atoms with Crippen LogP contribution in [0.3, 0.4) is 0 Å². The van der Waals surface area contributed by atoms with Gasteiger partial charge < -0.3 is 10.4 Å². The van der Waals surface area contributed by atoms with Gasteiger partial charge in [0, 0.05) is 6.04 Å². The lowest BCUT2D eigenvalue weighted by atomic mass is 10.2. The van der Waals surface area contributed by atoms with E-state index < -0.39 is 17.8 Å². The molecule has 6 heteroatoms. The highest BCUT2D eigenvalue weighted by Crippen LogP contribution is 2.13. The molecule has 2 N–H and O–H groups in total. The largest absolute Gasteiger partial charge is 0.394 e. The monoisotopic (exact) mass is 232 g/mol. The number of aliphatic hydroxyl groups is 1. The first-order valence-electron chi connectivity index (χ1n) is 4.27. The van der Waals surface area contributed by atoms with Crippen molar-refractivity contribution in [3.05, 3.63) is 28.8 Å². The number of nitrogens with one attached hydrogen (secondary N) is 1. The Hall–Kier alpha value is -1.20. The van der Waals surface area contributed by atoms with Gasteiger partial charge in [-0.15, -0.1) is 0 Å². The SMILES string of the molecule is CC(CO)NC(=O)c1cc(F)cnc1Cl. The quantitative estimate of drug-likeness (QED) is 0.764. The first-order valence-corrected chi connectivity index (χ1v) is 4.65. The second kappa shape index (κ2) is 5.04. The Labute approximate surface area is 91.1 Å². The van der Waals surface area contributed by atoms with E-state index in [4.69, 9.17) is 16.7 Å². The Balaban J connectivity index is 2.86. The molecule has 0 aliphatic heterocycles. The van der Waals surface area contributed by atoms with Gasteiger partial charge in [-0.25, -0.2) is 9.37 Å². The molecule has 0 fully saturated rings. The molecule has 0 aromatic carbocycles. The van der Waals surface area contributed by atoms with Crippen molar-refractivity contribution in [1.29, 1.82) is 0 Å². The van der Waals surface area contributed by atoms with Crippen LogP contribution >= 0.6 is 11.6 Å². The number of hydrogen-bond donors (Lipinski definition) is 2. The van der Waals surface area contributed by atoms with E-state index in [9.17, 15) is 9.18 Å². The Bertz CT molecular complexity index is 373. The van der Waals surface area contributed by atoms with Crippen LogP contribution in [0.1, 0.15) is 17.3 Å². The average Bonchev–Trinajstić information content (AvgIpc) is 2.21. The summed E-state index contributed by atoms with van der Waals surface area (Å²) in [5.74, 6) is -1.20. The minimum atomic E-state index is -0.638. The first kappa shape index (κ1) is 11.9. The molecule has 15 heavy (non-hydrogen) atoms. The van der Waals surface area contributed by atoms with E-state index in [-0.39, 0.29) is 17.3 Å². The van der Waals surface area contributed by atoms with Crippen molar-refractivity contribution < 1.29 is 14.3 Å². The van der Waals surface area contributed by atoms with Gasteiger partial charge in [0.25, 0.3) is 5.91 Å². The molecular weight excluding hydrogens is 223 g/mol. The molecule has 0 bridgehead atoms. The van der Waals surface area contributed by atoms with E-state index in [1.54, 1.807) is 6.92 Å². The first-order chi connectivity index (χ1) is 7.04. The Morgan fingerprint density at radius 1 is 1.80 bits per heavy atom. The molecule has 1 amide bonds. The van der Waals surface area contributed by atoms with Gasteiger partial charge in [0.15, 0.2) is 0 Å². The molecule has 0 radical (unpaired) electrons. The molecule has 0 saturated heterocycles. The van der Waals surface area contributed by atoms with Crippen LogP contribution < -0.4 is 5.32 Å². The van der Waals surface area contributed by atoms with Crippen LogP contribution in [-0.2, 0) is 0 Å². The lowest BCUT2D eigenvalue weighted by Gasteiger charge is -2.11. The molecule has 0 aliphatic rings. The molecule has 82 valence electrons. The molecule has 1 rings (SSSR count). The molecular formula is C9H10ClFN2O2. The van der Waals surface area contributed by atoms with E-state index >= 15 is 0 Å². The molecule has 1 aromatic rings. The van der Waals surface area contributed by atoms with Crippen molar-refractivity contribution in [3.63, 3.8) is 0 Å². The highest BCUT2D eigenvalue weighted by atomic mass is 35.5. The van der Waals surface area contributed by atoms with E-state index in [1.807, 2.05) is 0 Å². The number of aromatic nitrogens is 1. The molecule has 1 unspecified atom stereocenters. The van der Waals surface area contributed by atoms with E-state index in [0.717, 1.165) is 12.3 Å². The smallest absolute Gasteiger partial charge is 0.254 e. The molecule has 1 aromatic heterocycles. The summed E-state index contributed by atoms with van der Waals surface area (Å²) >= 11 is 5.62. The van der Waals surface area contributed by atoms with Gasteiger partial charge in [-0.1, -0.05) is 11.6 Å². The summed E-state index contributed by atoms with van der Waals surface area (Å²) in [6, 6.07) is 0.575. The van der Waals surface area contributed by atoms with Crippen molar-refractivity contribution >= 4 is 17.5 Å². The van der Waals surface area contributed by atoms with Crippen molar-refractivity contribution in [2.45, 2.75) is 13.0 Å². The highest BCUT2D eigenvalue weighted by Gasteiger charge is 2.14. The number of carbonyl (C=O) groups excluding carboxylic acids is 1. The molecule has 0 saturated carbocycles. The molecule has 0 aliphatic carbocycles. The maximum atomic E-state index is 12.8. The molecule has 4 nitrogen and oxygen atoms in total. The number of halogens is 2. The van der Waals surface area contributed by atoms with Gasteiger partial charge in [-0.05, 0) is 13.0 Å². The summed E-state index contributed by atoms with van der Waals surface area (Å²) in [6.07, 6.45) is 0.925. The van der Waals surface area contributed by atoms with Gasteiger partial charge in [0.2, 0.25) is 0 Å². The van der Waals surface area contributed by atoms with E-state index in [2.05, 4.69) is 10.3 Å². The van der Waals surface area contributed by atoms with Crippen LogP contribution in [0.25, 0.3) is 0 Å². The molecule has 1 heterocycles. The second-order valence-corrected chi connectivity index (χ2v) is 3.41. The third-order valence-electron chi connectivity index (χ3n) is 1.70. The zero-order valence-electron chi connectivity index (χ0n) is 8.00. The zero-order valence-corrected chi connectivity index (χ0v) is 8.75. The topological polar surface area (TPSA) is 62.2 Å². The maximum absolute atomic E-state index is 12.8. The Morgan fingerprint density at radius 2 is 2.47 bits per heavy atom. The average molecular weight is 233 g/mol. The third-order valence-corrected chi connectivity index (χ3v) is 2.00. The van der Waals surface area contributed by atoms with Crippen LogP contribution in [0.2, 0.25) is 5.15 Å². The van der Waals surface area contributed by atoms with E-state index in [1.165, 1.54) is 0 Å². The standard InChI is InChI=1S/C9H10ClFN2O2/c1-5(4-14)13-9(15)7-2-6(11)3-12-8(7)10/h2-3,5,14H,4H2,1H3,(H,13,15). The highest BCUT2D eigenvalue weighted by molar-refractivity contribution is 6.32. The predicted octanol–water partition coefficient (Wildman–Crippen LogP) is 0.985. The lowest BCUT2D eigenvalue weighted by Crippen LogP contribution is -2.35. The molecule has 1 atom stereocenters. The maximum Gasteiger partial charge on any atom is 0.254 e.